The predicted molar refractivity (Wildman–Crippen MR) is 245 cm³/mol. The fourth-order valence-electron chi connectivity index (χ4n) is 8.43. The minimum absolute atomic E-state index is 0.413. The summed E-state index contributed by atoms with van der Waals surface area (Å²) in [4.78, 5) is 13.5. The van der Waals surface area contributed by atoms with Crippen LogP contribution in [0.3, 0.4) is 0 Å². The lowest BCUT2D eigenvalue weighted by molar-refractivity contribution is 0.794. The van der Waals surface area contributed by atoms with Gasteiger partial charge in [-0.05, 0) is 57.4 Å². The Morgan fingerprint density at radius 3 is 1.84 bits per heavy atom. The third-order valence-corrected chi connectivity index (χ3v) is 12.2. The molecule has 0 spiro atoms. The molecule has 2 heterocycles. The van der Waals surface area contributed by atoms with Crippen molar-refractivity contribution in [3.8, 4) is 0 Å². The van der Waals surface area contributed by atoms with Crippen molar-refractivity contribution in [3.05, 3.63) is 181 Å². The van der Waals surface area contributed by atoms with Crippen LogP contribution in [0.15, 0.2) is 185 Å². The third-order valence-electron chi connectivity index (χ3n) is 10.9. The van der Waals surface area contributed by atoms with Crippen molar-refractivity contribution in [3.63, 3.8) is 0 Å². The smallest absolute Gasteiger partial charge is 0.156 e. The fourth-order valence-corrected chi connectivity index (χ4v) is 9.82. The van der Waals surface area contributed by atoms with Crippen LogP contribution in [-0.4, -0.2) is 23.8 Å². The average Bonchev–Trinajstić information content (AvgIpc) is 3.82. The molecular weight excluding hydrogens is 701 g/mol. The number of fused-ring (bicyclic) bond motifs is 15. The second kappa shape index (κ2) is 14.0. The maximum Gasteiger partial charge on any atom is 0.156 e. The maximum absolute atomic E-state index is 5.22. The van der Waals surface area contributed by atoms with Crippen LogP contribution in [0.4, 0.5) is 0 Å². The molecule has 0 aliphatic rings. The Morgan fingerprint density at radius 2 is 1.09 bits per heavy atom. The molecule has 0 atom stereocenters. The van der Waals surface area contributed by atoms with Crippen molar-refractivity contribution in [2.24, 2.45) is 15.0 Å². The third kappa shape index (κ3) is 5.47. The first-order chi connectivity index (χ1) is 27.7. The van der Waals surface area contributed by atoms with Gasteiger partial charge in [0.15, 0.2) is 5.84 Å². The number of rotatable bonds is 5. The molecule has 11 aromatic rings. The monoisotopic (exact) mass is 736 g/mol. The van der Waals surface area contributed by atoms with Crippen molar-refractivity contribution in [1.82, 2.24) is 4.57 Å². The Hall–Kier alpha value is -6.95. The lowest BCUT2D eigenvalue weighted by atomic mass is 9.96. The van der Waals surface area contributed by atoms with Gasteiger partial charge < -0.3 is 4.57 Å². The molecule has 11 rings (SSSR count). The van der Waals surface area contributed by atoms with Gasteiger partial charge in [0.25, 0.3) is 0 Å². The SMILES string of the molecule is C=N/C(=N\Cn1c2ccc3ccccc3c2c2c3c4ccc5ccccc5c4sc3c3ccccc3c21)c1cccc2ccccc12.C=NCc1ccccc1. The summed E-state index contributed by atoms with van der Waals surface area (Å²) in [5, 5.41) is 15.1. The van der Waals surface area contributed by atoms with E-state index in [2.05, 4.69) is 168 Å². The molecule has 0 fully saturated rings. The first-order valence-electron chi connectivity index (χ1n) is 18.8. The van der Waals surface area contributed by atoms with Crippen LogP contribution >= 0.6 is 11.3 Å². The van der Waals surface area contributed by atoms with Crippen LogP contribution < -0.4 is 0 Å². The first kappa shape index (κ1) is 33.6. The van der Waals surface area contributed by atoms with E-state index in [0.29, 0.717) is 12.5 Å². The highest BCUT2D eigenvalue weighted by atomic mass is 32.1. The lowest BCUT2D eigenvalue weighted by Gasteiger charge is -2.10. The van der Waals surface area contributed by atoms with Gasteiger partial charge >= 0.3 is 0 Å². The number of aliphatic imine (C=N–C) groups is 3. The summed E-state index contributed by atoms with van der Waals surface area (Å²) < 4.78 is 5.07. The highest BCUT2D eigenvalue weighted by molar-refractivity contribution is 7.27. The van der Waals surface area contributed by atoms with Gasteiger partial charge in [-0.3, -0.25) is 4.99 Å². The Balaban J connectivity index is 0.000000379. The van der Waals surface area contributed by atoms with Crippen molar-refractivity contribution < 1.29 is 0 Å². The summed E-state index contributed by atoms with van der Waals surface area (Å²) in [6.45, 7) is 8.51. The molecule has 0 radical (unpaired) electrons. The maximum atomic E-state index is 5.22. The summed E-state index contributed by atoms with van der Waals surface area (Å²) >= 11 is 1.92. The molecule has 0 aliphatic heterocycles. The van der Waals surface area contributed by atoms with Gasteiger partial charge in [-0.1, -0.05) is 164 Å². The van der Waals surface area contributed by atoms with Gasteiger partial charge in [0.1, 0.15) is 6.67 Å². The van der Waals surface area contributed by atoms with Crippen molar-refractivity contribution in [1.29, 1.82) is 0 Å². The van der Waals surface area contributed by atoms with Crippen molar-refractivity contribution >= 4 is 116 Å². The number of aromatic nitrogens is 1. The summed E-state index contributed by atoms with van der Waals surface area (Å²) in [5.74, 6) is 0.649. The molecule has 4 nitrogen and oxygen atoms in total. The highest BCUT2D eigenvalue weighted by Crippen LogP contribution is 2.49. The zero-order chi connectivity index (χ0) is 37.6. The lowest BCUT2D eigenvalue weighted by Crippen LogP contribution is -2.03. The standard InChI is InChI=1S/C43H27N3S.C8H9N/c1-44-43(34-20-10-14-26-11-2-5-15-29(26)34)45-25-46-36-24-22-27-12-3-6-16-30(27)37(36)39-38-35-23-21-28-13-4-7-17-31(28)41(35)47-42(38)33-19-9-8-18-32(33)40(39)46;1-9-7-8-5-3-2-4-6-8/h2-24H,1,25H2;2-6H,1,7H2/b45-43-;. The van der Waals surface area contributed by atoms with Gasteiger partial charge in [0.05, 0.1) is 17.6 Å². The van der Waals surface area contributed by atoms with E-state index in [1.54, 1.807) is 0 Å². The largest absolute Gasteiger partial charge is 0.320 e. The van der Waals surface area contributed by atoms with Crippen LogP contribution in [0.2, 0.25) is 0 Å². The van der Waals surface area contributed by atoms with E-state index < -0.39 is 0 Å². The summed E-state index contributed by atoms with van der Waals surface area (Å²) in [6, 6.07) is 60.3. The molecule has 0 aliphatic carbocycles. The van der Waals surface area contributed by atoms with Crippen LogP contribution in [0.1, 0.15) is 11.1 Å². The van der Waals surface area contributed by atoms with E-state index in [9.17, 15) is 0 Å². The molecule has 0 unspecified atom stereocenters. The van der Waals surface area contributed by atoms with Gasteiger partial charge in [-0.2, -0.15) is 0 Å². The Bertz CT molecular complexity index is 3350. The van der Waals surface area contributed by atoms with Crippen LogP contribution in [0.5, 0.6) is 0 Å². The molecule has 9 aromatic carbocycles. The van der Waals surface area contributed by atoms with E-state index in [1.807, 2.05) is 41.7 Å². The summed E-state index contributed by atoms with van der Waals surface area (Å²) in [7, 11) is 0. The summed E-state index contributed by atoms with van der Waals surface area (Å²) in [5.41, 5.74) is 4.58. The quantitative estimate of drug-likeness (QED) is 0.125. The molecule has 266 valence electrons. The molecule has 5 heteroatoms. The molecule has 0 saturated heterocycles. The number of amidine groups is 1. The Labute approximate surface area is 328 Å². The molecule has 2 aromatic heterocycles. The zero-order valence-corrected chi connectivity index (χ0v) is 31.5. The first-order valence-corrected chi connectivity index (χ1v) is 19.6. The number of benzene rings is 9. The van der Waals surface area contributed by atoms with Crippen molar-refractivity contribution in [2.75, 3.05) is 0 Å². The molecule has 0 N–H and O–H groups in total. The van der Waals surface area contributed by atoms with E-state index in [4.69, 9.17) is 4.99 Å². The van der Waals surface area contributed by atoms with Crippen LogP contribution in [0, 0.1) is 0 Å². The van der Waals surface area contributed by atoms with Gasteiger partial charge in [-0.25, -0.2) is 9.98 Å². The van der Waals surface area contributed by atoms with Gasteiger partial charge in [0, 0.05) is 47.3 Å². The number of thiophene rings is 1. The minimum atomic E-state index is 0.413. The highest BCUT2D eigenvalue weighted by Gasteiger charge is 2.23. The van der Waals surface area contributed by atoms with Gasteiger partial charge in [-0.15, -0.1) is 11.3 Å². The summed E-state index contributed by atoms with van der Waals surface area (Å²) in [6.07, 6.45) is 0. The van der Waals surface area contributed by atoms with E-state index in [-0.39, 0.29) is 0 Å². The number of hydrogen-bond acceptors (Lipinski definition) is 3. The van der Waals surface area contributed by atoms with E-state index in [1.165, 1.54) is 79.9 Å². The predicted octanol–water partition coefficient (Wildman–Crippen LogP) is 13.8. The Kier molecular flexibility index (Phi) is 8.42. The average molecular weight is 737 g/mol. The molecular formula is C51H36N4S. The molecule has 56 heavy (non-hydrogen) atoms. The minimum Gasteiger partial charge on any atom is -0.320 e. The molecule has 0 saturated carbocycles. The number of nitrogens with zero attached hydrogens (tertiary/aromatic N) is 4. The van der Waals surface area contributed by atoms with Gasteiger partial charge in [0.2, 0.25) is 0 Å². The Morgan fingerprint density at radius 1 is 0.482 bits per heavy atom. The molecule has 0 bridgehead atoms. The van der Waals surface area contributed by atoms with Crippen molar-refractivity contribution in [2.45, 2.75) is 13.2 Å². The normalized spacial score (nSPS) is 12.0. The van der Waals surface area contributed by atoms with E-state index in [0.717, 1.165) is 22.9 Å². The van der Waals surface area contributed by atoms with E-state index >= 15 is 0 Å². The second-order valence-corrected chi connectivity index (χ2v) is 15.0. The number of hydrogen-bond donors (Lipinski definition) is 0. The zero-order valence-electron chi connectivity index (χ0n) is 30.7. The van der Waals surface area contributed by atoms with Crippen LogP contribution in [0.25, 0.3) is 85.1 Å². The fraction of sp³-hybridized carbons (Fsp3) is 0.0392. The van der Waals surface area contributed by atoms with Crippen LogP contribution in [-0.2, 0) is 13.2 Å². The molecule has 0 amide bonds. The topological polar surface area (TPSA) is 42.0 Å². The second-order valence-electron chi connectivity index (χ2n) is 14.0.